The van der Waals surface area contributed by atoms with Gasteiger partial charge in [-0.25, -0.2) is 0 Å². The number of hydrogen-bond acceptors (Lipinski definition) is 3. The maximum Gasteiger partial charge on any atom is 0.204 e. The summed E-state index contributed by atoms with van der Waals surface area (Å²) in [6.45, 7) is 12.6. The summed E-state index contributed by atoms with van der Waals surface area (Å²) >= 11 is 0. The van der Waals surface area contributed by atoms with Gasteiger partial charge in [0.1, 0.15) is 5.75 Å². The van der Waals surface area contributed by atoms with Crippen molar-refractivity contribution in [2.24, 2.45) is 11.8 Å². The van der Waals surface area contributed by atoms with Gasteiger partial charge in [0, 0.05) is 12.8 Å². The van der Waals surface area contributed by atoms with Gasteiger partial charge >= 0.3 is 0 Å². The predicted molar refractivity (Wildman–Crippen MR) is 94.1 cm³/mol. The molecule has 0 aliphatic heterocycles. The Bertz CT molecular complexity index is 504. The second kappa shape index (κ2) is 8.17. The molecule has 0 spiro atoms. The molecule has 0 aliphatic rings. The highest BCUT2D eigenvalue weighted by Crippen LogP contribution is 2.47. The maximum atomic E-state index is 12.5. The van der Waals surface area contributed by atoms with Crippen LogP contribution in [-0.2, 0) is 28.1 Å². The van der Waals surface area contributed by atoms with Crippen LogP contribution in [0.4, 0.5) is 0 Å². The zero-order valence-corrected chi connectivity index (χ0v) is 15.7. The maximum absolute atomic E-state index is 12.5. The van der Waals surface area contributed by atoms with E-state index in [0.717, 1.165) is 29.5 Å². The molecule has 0 saturated carbocycles. The van der Waals surface area contributed by atoms with E-state index >= 15 is 0 Å². The van der Waals surface area contributed by atoms with Crippen LogP contribution in [-0.4, -0.2) is 18.4 Å². The Kier molecular flexibility index (Phi) is 7.15. The van der Waals surface area contributed by atoms with Gasteiger partial charge in [0.05, 0.1) is 6.61 Å². The lowest BCUT2D eigenvalue weighted by Crippen LogP contribution is -2.03. The normalized spacial score (nSPS) is 14.5. The van der Waals surface area contributed by atoms with Crippen molar-refractivity contribution < 1.29 is 14.2 Å². The first kappa shape index (κ1) is 19.3. The third-order valence-electron chi connectivity index (χ3n) is 3.46. The van der Waals surface area contributed by atoms with Crippen molar-refractivity contribution in [3.05, 3.63) is 28.8 Å². The van der Waals surface area contributed by atoms with Gasteiger partial charge in [0.25, 0.3) is 0 Å². The summed E-state index contributed by atoms with van der Waals surface area (Å²) in [6, 6.07) is 3.99. The molecule has 4 heteroatoms. The van der Waals surface area contributed by atoms with E-state index < -0.39 is 7.37 Å². The van der Waals surface area contributed by atoms with Crippen LogP contribution in [0.15, 0.2) is 12.1 Å². The van der Waals surface area contributed by atoms with Gasteiger partial charge in [-0.2, -0.15) is 0 Å². The minimum Gasteiger partial charge on any atom is -0.507 e. The molecule has 1 unspecified atom stereocenters. The molecule has 0 saturated heterocycles. The average molecular weight is 326 g/mol. The number of rotatable bonds is 8. The smallest absolute Gasteiger partial charge is 0.204 e. The second-order valence-corrected chi connectivity index (χ2v) is 9.65. The van der Waals surface area contributed by atoms with E-state index in [1.165, 1.54) is 0 Å². The van der Waals surface area contributed by atoms with Crippen molar-refractivity contribution in [3.8, 4) is 5.75 Å². The number of phenols is 1. The quantitative estimate of drug-likeness (QED) is 0.665. The highest BCUT2D eigenvalue weighted by molar-refractivity contribution is 7.57. The standard InChI is InChI=1S/C18H31O3P/c1-7-21-22(6,20)12-15-10-16(8-13(2)3)18(19)17(11-15)9-14(4)5/h10-11,13-14,19H,7-9,12H2,1-6H3. The van der Waals surface area contributed by atoms with Gasteiger partial charge in [0.15, 0.2) is 0 Å². The average Bonchev–Trinajstić information content (AvgIpc) is 2.32. The van der Waals surface area contributed by atoms with Crippen LogP contribution in [0.25, 0.3) is 0 Å². The molecule has 22 heavy (non-hydrogen) atoms. The Morgan fingerprint density at radius 1 is 1.09 bits per heavy atom. The fourth-order valence-corrected chi connectivity index (χ4v) is 4.25. The summed E-state index contributed by atoms with van der Waals surface area (Å²) < 4.78 is 17.8. The zero-order valence-electron chi connectivity index (χ0n) is 14.8. The Balaban J connectivity index is 3.18. The third kappa shape index (κ3) is 6.14. The van der Waals surface area contributed by atoms with E-state index in [2.05, 4.69) is 27.7 Å². The van der Waals surface area contributed by atoms with Gasteiger partial charge in [-0.05, 0) is 48.3 Å². The zero-order chi connectivity index (χ0) is 16.9. The molecule has 0 fully saturated rings. The molecular weight excluding hydrogens is 295 g/mol. The summed E-state index contributed by atoms with van der Waals surface area (Å²) in [4.78, 5) is 0. The molecule has 1 atom stereocenters. The molecule has 3 nitrogen and oxygen atoms in total. The summed E-state index contributed by atoms with van der Waals surface area (Å²) in [6.07, 6.45) is 2.08. The summed E-state index contributed by atoms with van der Waals surface area (Å²) in [5.41, 5.74) is 2.92. The topological polar surface area (TPSA) is 46.5 Å². The molecule has 1 N–H and O–H groups in total. The Morgan fingerprint density at radius 3 is 1.91 bits per heavy atom. The van der Waals surface area contributed by atoms with Crippen LogP contribution >= 0.6 is 7.37 Å². The van der Waals surface area contributed by atoms with Crippen LogP contribution in [0.2, 0.25) is 0 Å². The first-order valence-corrected chi connectivity index (χ1v) is 10.4. The van der Waals surface area contributed by atoms with Crippen LogP contribution in [0.3, 0.4) is 0 Å². The molecule has 0 amide bonds. The monoisotopic (exact) mass is 326 g/mol. The SMILES string of the molecule is CCOP(C)(=O)Cc1cc(CC(C)C)c(O)c(CC(C)C)c1. The molecule has 1 aromatic carbocycles. The Hall–Kier alpha value is -0.790. The van der Waals surface area contributed by atoms with Gasteiger partial charge in [0.2, 0.25) is 7.37 Å². The van der Waals surface area contributed by atoms with Gasteiger partial charge in [-0.15, -0.1) is 0 Å². The minimum atomic E-state index is -2.62. The summed E-state index contributed by atoms with van der Waals surface area (Å²) in [5.74, 6) is 1.34. The van der Waals surface area contributed by atoms with Gasteiger partial charge in [-0.3, -0.25) is 4.57 Å². The minimum absolute atomic E-state index is 0.411. The van der Waals surface area contributed by atoms with Crippen molar-refractivity contribution in [2.75, 3.05) is 13.3 Å². The highest BCUT2D eigenvalue weighted by atomic mass is 31.2. The lowest BCUT2D eigenvalue weighted by atomic mass is 9.93. The molecule has 0 aliphatic carbocycles. The molecule has 126 valence electrons. The fourth-order valence-electron chi connectivity index (χ4n) is 2.76. The van der Waals surface area contributed by atoms with Gasteiger partial charge in [-0.1, -0.05) is 39.8 Å². The van der Waals surface area contributed by atoms with Crippen molar-refractivity contribution in [2.45, 2.75) is 53.6 Å². The number of phenolic OH excluding ortho intramolecular Hbond substituents is 1. The van der Waals surface area contributed by atoms with Gasteiger partial charge < -0.3 is 9.63 Å². The number of hydrogen-bond donors (Lipinski definition) is 1. The predicted octanol–water partition coefficient (Wildman–Crippen LogP) is 5.23. The fraction of sp³-hybridized carbons (Fsp3) is 0.667. The van der Waals surface area contributed by atoms with Crippen molar-refractivity contribution in [1.29, 1.82) is 0 Å². The molecular formula is C18H31O3P. The molecule has 0 radical (unpaired) electrons. The Morgan fingerprint density at radius 2 is 1.55 bits per heavy atom. The van der Waals surface area contributed by atoms with E-state index in [4.69, 9.17) is 4.52 Å². The first-order valence-electron chi connectivity index (χ1n) is 8.19. The van der Waals surface area contributed by atoms with Crippen LogP contribution < -0.4 is 0 Å². The van der Waals surface area contributed by atoms with E-state index in [9.17, 15) is 9.67 Å². The largest absolute Gasteiger partial charge is 0.507 e. The molecule has 1 rings (SSSR count). The van der Waals surface area contributed by atoms with Crippen molar-refractivity contribution >= 4 is 7.37 Å². The first-order chi connectivity index (χ1) is 10.1. The Labute approximate surface area is 135 Å². The van der Waals surface area contributed by atoms with Crippen LogP contribution in [0.1, 0.15) is 51.3 Å². The van der Waals surface area contributed by atoms with E-state index in [1.54, 1.807) is 6.66 Å². The second-order valence-electron chi connectivity index (χ2n) is 7.05. The van der Waals surface area contributed by atoms with E-state index in [1.807, 2.05) is 19.1 Å². The van der Waals surface area contributed by atoms with Crippen molar-refractivity contribution in [1.82, 2.24) is 0 Å². The van der Waals surface area contributed by atoms with Crippen molar-refractivity contribution in [3.63, 3.8) is 0 Å². The lowest BCUT2D eigenvalue weighted by molar-refractivity contribution is 0.336. The van der Waals surface area contributed by atoms with Crippen LogP contribution in [0, 0.1) is 11.8 Å². The summed E-state index contributed by atoms with van der Waals surface area (Å²) in [5, 5.41) is 10.5. The molecule has 0 heterocycles. The lowest BCUT2D eigenvalue weighted by Gasteiger charge is -2.18. The van der Waals surface area contributed by atoms with E-state index in [0.29, 0.717) is 30.4 Å². The number of benzene rings is 1. The number of aromatic hydroxyl groups is 1. The summed E-state index contributed by atoms with van der Waals surface area (Å²) in [7, 11) is -2.62. The van der Waals surface area contributed by atoms with Crippen LogP contribution in [0.5, 0.6) is 5.75 Å². The highest BCUT2D eigenvalue weighted by Gasteiger charge is 2.19. The molecule has 1 aromatic rings. The molecule has 0 bridgehead atoms. The molecule has 0 aromatic heterocycles. The third-order valence-corrected chi connectivity index (χ3v) is 5.20. The van der Waals surface area contributed by atoms with E-state index in [-0.39, 0.29) is 0 Å².